The molecule has 0 bridgehead atoms. The maximum atomic E-state index is 12.6. The molecule has 0 unspecified atom stereocenters. The molecule has 0 radical (unpaired) electrons. The molecule has 2 aliphatic rings. The summed E-state index contributed by atoms with van der Waals surface area (Å²) in [6.07, 6.45) is 5.30. The highest BCUT2D eigenvalue weighted by molar-refractivity contribution is 7.59. The molecule has 32 heavy (non-hydrogen) atoms. The molecule has 1 aromatic heterocycles. The lowest BCUT2D eigenvalue weighted by Crippen LogP contribution is -2.24. The lowest BCUT2D eigenvalue weighted by Gasteiger charge is -2.17. The number of para-hydroxylation sites is 2. The zero-order valence-electron chi connectivity index (χ0n) is 18.0. The number of ether oxygens (including phenoxy) is 2. The molecule has 0 N–H and O–H groups in total. The van der Waals surface area contributed by atoms with E-state index < -0.39 is 0 Å². The van der Waals surface area contributed by atoms with E-state index in [1.807, 2.05) is 53.2 Å². The molecule has 1 saturated carbocycles. The lowest BCUT2D eigenvalue weighted by atomic mass is 10.1. The van der Waals surface area contributed by atoms with Crippen LogP contribution in [0.4, 0.5) is 0 Å². The summed E-state index contributed by atoms with van der Waals surface area (Å²) in [5.41, 5.74) is 4.99. The maximum Gasteiger partial charge on any atom is 0.309 e. The first-order valence-electron chi connectivity index (χ1n) is 10.8. The van der Waals surface area contributed by atoms with Crippen LogP contribution in [0.1, 0.15) is 36.9 Å². The van der Waals surface area contributed by atoms with Gasteiger partial charge in [0, 0.05) is 29.0 Å². The summed E-state index contributed by atoms with van der Waals surface area (Å²) in [7, 11) is 1.66. The van der Waals surface area contributed by atoms with Crippen LogP contribution in [-0.4, -0.2) is 29.0 Å². The number of aromatic nitrogens is 2. The number of carbonyl (C=O) groups excluding carboxylic acids is 1. The molecule has 5 nitrogen and oxygen atoms in total. The van der Waals surface area contributed by atoms with E-state index in [1.165, 1.54) is 0 Å². The predicted molar refractivity (Wildman–Crippen MR) is 130 cm³/mol. The highest BCUT2D eigenvalue weighted by Gasteiger charge is 2.34. The number of benzene rings is 2. The van der Waals surface area contributed by atoms with Crippen molar-refractivity contribution >= 4 is 31.1 Å². The fourth-order valence-corrected chi connectivity index (χ4v) is 4.90. The van der Waals surface area contributed by atoms with Crippen molar-refractivity contribution in [2.24, 2.45) is 5.92 Å². The van der Waals surface area contributed by atoms with E-state index in [1.54, 1.807) is 7.11 Å². The highest BCUT2D eigenvalue weighted by atomic mass is 35.5. The van der Waals surface area contributed by atoms with Gasteiger partial charge < -0.3 is 9.47 Å². The Labute approximate surface area is 200 Å². The van der Waals surface area contributed by atoms with Gasteiger partial charge in [-0.25, -0.2) is 4.68 Å². The van der Waals surface area contributed by atoms with Crippen LogP contribution in [0.5, 0.6) is 5.75 Å². The average Bonchev–Trinajstić information content (AvgIpc) is 3.51. The van der Waals surface area contributed by atoms with Gasteiger partial charge in [0.05, 0.1) is 24.4 Å². The molecule has 1 atom stereocenters. The van der Waals surface area contributed by atoms with Crippen LogP contribution in [0.2, 0.25) is 5.02 Å². The predicted octanol–water partition coefficient (Wildman–Crippen LogP) is 5.51. The van der Waals surface area contributed by atoms with Crippen LogP contribution in [0.25, 0.3) is 16.9 Å². The summed E-state index contributed by atoms with van der Waals surface area (Å²) in [4.78, 5) is 12.6. The van der Waals surface area contributed by atoms with Gasteiger partial charge in [-0.3, -0.25) is 4.79 Å². The Bertz CT molecular complexity index is 1110. The largest absolute Gasteiger partial charge is 0.494 e. The van der Waals surface area contributed by atoms with Crippen LogP contribution in [0.15, 0.2) is 48.5 Å². The Morgan fingerprint density at radius 1 is 1.06 bits per heavy atom. The molecular formula is C25H27ClN2O3S. The Kier molecular flexibility index (Phi) is 6.82. The molecule has 0 saturated heterocycles. The van der Waals surface area contributed by atoms with E-state index in [9.17, 15) is 4.79 Å². The van der Waals surface area contributed by atoms with Crippen LogP contribution < -0.4 is 4.74 Å². The standard InChI is InChI=1S/C25H25ClN2O3.H2S/c1-30-23-9-5-4-8-22(23)28-24(16-10-12-18(26)13-11-16)20-14-19(15-21(20)27-28)31-25(29)17-6-2-3-7-17;/h4-5,8-13,17,19H,2-3,6-7,14-15H2,1H3;1H2/t19-;/m0./s1. The molecule has 2 aliphatic carbocycles. The second-order valence-corrected chi connectivity index (χ2v) is 8.75. The minimum absolute atomic E-state index is 0. The van der Waals surface area contributed by atoms with Crippen molar-refractivity contribution in [3.05, 3.63) is 64.8 Å². The first-order valence-corrected chi connectivity index (χ1v) is 11.2. The Morgan fingerprint density at radius 2 is 1.78 bits per heavy atom. The first kappa shape index (κ1) is 22.7. The average molecular weight is 471 g/mol. The van der Waals surface area contributed by atoms with Gasteiger partial charge in [0.25, 0.3) is 0 Å². The number of methoxy groups -OCH3 is 1. The molecule has 0 aliphatic heterocycles. The van der Waals surface area contributed by atoms with E-state index in [2.05, 4.69) is 0 Å². The van der Waals surface area contributed by atoms with E-state index in [0.29, 0.717) is 17.9 Å². The molecule has 1 fully saturated rings. The van der Waals surface area contributed by atoms with Crippen molar-refractivity contribution < 1.29 is 14.3 Å². The molecule has 2 aromatic carbocycles. The van der Waals surface area contributed by atoms with E-state index >= 15 is 0 Å². The number of fused-ring (bicyclic) bond motifs is 1. The van der Waals surface area contributed by atoms with Crippen LogP contribution in [0, 0.1) is 5.92 Å². The minimum atomic E-state index is -0.149. The van der Waals surface area contributed by atoms with Gasteiger partial charge in [0.1, 0.15) is 17.5 Å². The van der Waals surface area contributed by atoms with Crippen molar-refractivity contribution in [3.8, 4) is 22.7 Å². The van der Waals surface area contributed by atoms with Crippen molar-refractivity contribution in [2.75, 3.05) is 7.11 Å². The van der Waals surface area contributed by atoms with Crippen LogP contribution in [0.3, 0.4) is 0 Å². The SMILES string of the molecule is COc1ccccc1-n1nc2c(c1-c1ccc(Cl)cc1)C[C@H](OC(=O)C1CCCC1)C2.S. The quantitative estimate of drug-likeness (QED) is 0.461. The van der Waals surface area contributed by atoms with Crippen molar-refractivity contribution in [1.29, 1.82) is 0 Å². The molecule has 7 heteroatoms. The number of rotatable bonds is 5. The number of carbonyl (C=O) groups is 1. The number of nitrogens with zero attached hydrogens (tertiary/aromatic N) is 2. The molecule has 168 valence electrons. The molecule has 0 spiro atoms. The van der Waals surface area contributed by atoms with Gasteiger partial charge in [-0.05, 0) is 37.1 Å². The molecule has 3 aromatic rings. The Morgan fingerprint density at radius 3 is 2.50 bits per heavy atom. The number of halogens is 1. The summed E-state index contributed by atoms with van der Waals surface area (Å²) in [5.74, 6) is 0.776. The zero-order chi connectivity index (χ0) is 21.4. The van der Waals surface area contributed by atoms with Crippen LogP contribution >= 0.6 is 25.1 Å². The Hall–Kier alpha value is -2.44. The number of hydrogen-bond acceptors (Lipinski definition) is 4. The summed E-state index contributed by atoms with van der Waals surface area (Å²) in [6, 6.07) is 15.6. The first-order chi connectivity index (χ1) is 15.1. The van der Waals surface area contributed by atoms with Crippen molar-refractivity contribution in [1.82, 2.24) is 9.78 Å². The summed E-state index contributed by atoms with van der Waals surface area (Å²) in [5, 5.41) is 5.62. The fourth-order valence-electron chi connectivity index (χ4n) is 4.78. The third-order valence-corrected chi connectivity index (χ3v) is 6.57. The van der Waals surface area contributed by atoms with Crippen molar-refractivity contribution in [3.63, 3.8) is 0 Å². The summed E-state index contributed by atoms with van der Waals surface area (Å²) >= 11 is 6.14. The Balaban J connectivity index is 0.00000245. The minimum Gasteiger partial charge on any atom is -0.494 e. The second-order valence-electron chi connectivity index (χ2n) is 8.31. The van der Waals surface area contributed by atoms with Gasteiger partial charge in [-0.15, -0.1) is 0 Å². The van der Waals surface area contributed by atoms with Gasteiger partial charge in [0.15, 0.2) is 0 Å². The highest BCUT2D eigenvalue weighted by Crippen LogP contribution is 2.38. The van der Waals surface area contributed by atoms with Gasteiger partial charge >= 0.3 is 5.97 Å². The summed E-state index contributed by atoms with van der Waals surface area (Å²) in [6.45, 7) is 0. The number of esters is 1. The molecule has 1 heterocycles. The van der Waals surface area contributed by atoms with Gasteiger partial charge in [-0.1, -0.05) is 48.7 Å². The van der Waals surface area contributed by atoms with E-state index in [-0.39, 0.29) is 31.5 Å². The van der Waals surface area contributed by atoms with Crippen LogP contribution in [-0.2, 0) is 22.4 Å². The molecule has 0 amide bonds. The fraction of sp³-hybridized carbons (Fsp3) is 0.360. The van der Waals surface area contributed by atoms with Gasteiger partial charge in [0.2, 0.25) is 0 Å². The zero-order valence-corrected chi connectivity index (χ0v) is 19.8. The molecule has 5 rings (SSSR count). The van der Waals surface area contributed by atoms with E-state index in [0.717, 1.165) is 59.6 Å². The summed E-state index contributed by atoms with van der Waals surface area (Å²) < 4.78 is 13.4. The molecular weight excluding hydrogens is 444 g/mol. The number of hydrogen-bond donors (Lipinski definition) is 0. The lowest BCUT2D eigenvalue weighted by molar-refractivity contribution is -0.153. The van der Waals surface area contributed by atoms with Gasteiger partial charge in [-0.2, -0.15) is 18.6 Å². The third-order valence-electron chi connectivity index (χ3n) is 6.32. The topological polar surface area (TPSA) is 53.4 Å². The third kappa shape index (κ3) is 4.26. The monoisotopic (exact) mass is 470 g/mol. The normalized spacial score (nSPS) is 17.6. The second kappa shape index (κ2) is 9.59. The van der Waals surface area contributed by atoms with Crippen molar-refractivity contribution in [2.45, 2.75) is 44.6 Å². The maximum absolute atomic E-state index is 12.6. The van der Waals surface area contributed by atoms with E-state index in [4.69, 9.17) is 26.2 Å². The smallest absolute Gasteiger partial charge is 0.309 e.